The smallest absolute Gasteiger partial charge is 0.274 e. The van der Waals surface area contributed by atoms with Crippen LogP contribution in [-0.2, 0) is 0 Å². The summed E-state index contributed by atoms with van der Waals surface area (Å²) in [7, 11) is 2.05. The van der Waals surface area contributed by atoms with Crippen molar-refractivity contribution in [3.8, 4) is 0 Å². The first-order valence-corrected chi connectivity index (χ1v) is 9.84. The van der Waals surface area contributed by atoms with E-state index in [9.17, 15) is 4.79 Å². The van der Waals surface area contributed by atoms with Crippen LogP contribution in [0.25, 0.3) is 0 Å². The summed E-state index contributed by atoms with van der Waals surface area (Å²) in [5, 5.41) is 2.98. The highest BCUT2D eigenvalue weighted by atomic mass is 16.1. The Morgan fingerprint density at radius 3 is 2.33 bits per heavy atom. The van der Waals surface area contributed by atoms with Crippen molar-refractivity contribution >= 4 is 23.0 Å². The molecule has 2 rings (SSSR count). The first-order valence-electron chi connectivity index (χ1n) is 9.84. The van der Waals surface area contributed by atoms with Crippen LogP contribution in [0.3, 0.4) is 0 Å². The summed E-state index contributed by atoms with van der Waals surface area (Å²) < 4.78 is 0. The highest BCUT2D eigenvalue weighted by Gasteiger charge is 2.11. The molecule has 0 spiro atoms. The summed E-state index contributed by atoms with van der Waals surface area (Å²) in [6, 6.07) is 9.87. The predicted octanol–water partition coefficient (Wildman–Crippen LogP) is 4.72. The Kier molecular flexibility index (Phi) is 7.65. The van der Waals surface area contributed by atoms with Crippen LogP contribution < -0.4 is 15.1 Å². The highest BCUT2D eigenvalue weighted by Crippen LogP contribution is 2.23. The summed E-state index contributed by atoms with van der Waals surface area (Å²) in [5.74, 6) is -0.184. The maximum absolute atomic E-state index is 12.6. The molecule has 1 aromatic heterocycles. The zero-order chi connectivity index (χ0) is 19.8. The number of aromatic nitrogens is 1. The molecule has 0 aliphatic carbocycles. The number of nitrogens with zero attached hydrogens (tertiary/aromatic N) is 3. The molecule has 5 nitrogen and oxygen atoms in total. The van der Waals surface area contributed by atoms with E-state index in [2.05, 4.69) is 53.0 Å². The van der Waals surface area contributed by atoms with Crippen molar-refractivity contribution in [2.24, 2.45) is 0 Å². The van der Waals surface area contributed by atoms with Gasteiger partial charge in [-0.2, -0.15) is 0 Å². The molecular formula is C22H32N4O. The molecule has 0 aliphatic heterocycles. The van der Waals surface area contributed by atoms with Crippen molar-refractivity contribution < 1.29 is 4.79 Å². The third-order valence-corrected chi connectivity index (χ3v) is 4.86. The van der Waals surface area contributed by atoms with Crippen molar-refractivity contribution in [2.45, 2.75) is 40.5 Å². The number of hydrogen-bond acceptors (Lipinski definition) is 4. The lowest BCUT2D eigenvalue weighted by Gasteiger charge is -2.22. The van der Waals surface area contributed by atoms with Gasteiger partial charge in [-0.3, -0.25) is 4.79 Å². The molecule has 0 fully saturated rings. The van der Waals surface area contributed by atoms with Crippen LogP contribution in [0, 0.1) is 6.92 Å². The van der Waals surface area contributed by atoms with E-state index in [0.717, 1.165) is 49.4 Å². The molecule has 1 aromatic carbocycles. The van der Waals surface area contributed by atoms with E-state index in [1.54, 1.807) is 12.3 Å². The van der Waals surface area contributed by atoms with E-state index in [1.807, 2.05) is 26.1 Å². The van der Waals surface area contributed by atoms with Gasteiger partial charge in [0, 0.05) is 38.1 Å². The normalized spacial score (nSPS) is 10.6. The molecule has 0 saturated heterocycles. The number of nitrogens with one attached hydrogen (secondary N) is 1. The Labute approximate surface area is 163 Å². The Balaban J connectivity index is 2.06. The average molecular weight is 369 g/mol. The summed E-state index contributed by atoms with van der Waals surface area (Å²) in [6.45, 7) is 11.4. The molecule has 0 atom stereocenters. The largest absolute Gasteiger partial charge is 0.373 e. The number of carbonyl (C=O) groups is 1. The molecule has 0 unspecified atom stereocenters. The summed E-state index contributed by atoms with van der Waals surface area (Å²) in [4.78, 5) is 21.3. The summed E-state index contributed by atoms with van der Waals surface area (Å²) in [6.07, 6.45) is 4.06. The molecular weight excluding hydrogens is 336 g/mol. The molecule has 0 saturated carbocycles. The molecule has 1 amide bonds. The second kappa shape index (κ2) is 9.95. The number of carbonyl (C=O) groups excluding carboxylic acids is 1. The van der Waals surface area contributed by atoms with Crippen molar-refractivity contribution in [3.05, 3.63) is 47.8 Å². The Bertz CT molecular complexity index is 738. The van der Waals surface area contributed by atoms with Gasteiger partial charge in [0.1, 0.15) is 5.69 Å². The van der Waals surface area contributed by atoms with Crippen LogP contribution >= 0.6 is 0 Å². The van der Waals surface area contributed by atoms with Crippen LogP contribution in [-0.4, -0.2) is 37.6 Å². The minimum Gasteiger partial charge on any atom is -0.373 e. The van der Waals surface area contributed by atoms with Gasteiger partial charge in [-0.25, -0.2) is 4.98 Å². The van der Waals surface area contributed by atoms with Gasteiger partial charge in [0.15, 0.2) is 0 Å². The second-order valence-corrected chi connectivity index (χ2v) is 6.80. The van der Waals surface area contributed by atoms with Gasteiger partial charge in [0.25, 0.3) is 5.91 Å². The zero-order valence-electron chi connectivity index (χ0n) is 17.2. The molecule has 146 valence electrons. The minimum atomic E-state index is -0.184. The maximum atomic E-state index is 12.6. The number of rotatable bonds is 9. The van der Waals surface area contributed by atoms with E-state index in [0.29, 0.717) is 5.69 Å². The molecule has 0 bridgehead atoms. The van der Waals surface area contributed by atoms with Crippen molar-refractivity contribution in [3.63, 3.8) is 0 Å². The fraction of sp³-hybridized carbons (Fsp3) is 0.455. The van der Waals surface area contributed by atoms with Crippen LogP contribution in [0.15, 0.2) is 36.5 Å². The SMILES string of the molecule is CCCCN(C)c1ccc(C(=O)Nc2ccc(N(CC)CC)cc2C)nc1. The Hall–Kier alpha value is -2.56. The van der Waals surface area contributed by atoms with E-state index in [-0.39, 0.29) is 5.91 Å². The van der Waals surface area contributed by atoms with Crippen LogP contribution in [0.4, 0.5) is 17.1 Å². The second-order valence-electron chi connectivity index (χ2n) is 6.80. The number of benzene rings is 1. The fourth-order valence-corrected chi connectivity index (χ4v) is 3.03. The monoisotopic (exact) mass is 368 g/mol. The van der Waals surface area contributed by atoms with E-state index < -0.39 is 0 Å². The van der Waals surface area contributed by atoms with Gasteiger partial charge in [-0.15, -0.1) is 0 Å². The number of aryl methyl sites for hydroxylation is 1. The van der Waals surface area contributed by atoms with Gasteiger partial charge in [0.2, 0.25) is 0 Å². The molecule has 0 aliphatic rings. The van der Waals surface area contributed by atoms with Crippen molar-refractivity contribution in [2.75, 3.05) is 41.8 Å². The van der Waals surface area contributed by atoms with E-state index >= 15 is 0 Å². The fourth-order valence-electron chi connectivity index (χ4n) is 3.03. The number of hydrogen-bond donors (Lipinski definition) is 1. The number of anilines is 3. The molecule has 1 N–H and O–H groups in total. The Morgan fingerprint density at radius 1 is 1.07 bits per heavy atom. The summed E-state index contributed by atoms with van der Waals surface area (Å²) in [5.41, 5.74) is 4.49. The lowest BCUT2D eigenvalue weighted by Crippen LogP contribution is -2.22. The van der Waals surface area contributed by atoms with Crippen molar-refractivity contribution in [1.29, 1.82) is 0 Å². The average Bonchev–Trinajstić information content (AvgIpc) is 2.69. The minimum absolute atomic E-state index is 0.184. The van der Waals surface area contributed by atoms with Crippen molar-refractivity contribution in [1.82, 2.24) is 4.98 Å². The molecule has 0 radical (unpaired) electrons. The predicted molar refractivity (Wildman–Crippen MR) is 115 cm³/mol. The van der Waals surface area contributed by atoms with Gasteiger partial charge >= 0.3 is 0 Å². The third kappa shape index (κ3) is 5.46. The summed E-state index contributed by atoms with van der Waals surface area (Å²) >= 11 is 0. The lowest BCUT2D eigenvalue weighted by atomic mass is 10.1. The van der Waals surface area contributed by atoms with Crippen LogP contribution in [0.5, 0.6) is 0 Å². The standard InChI is InChI=1S/C22H32N4O/c1-6-9-14-25(5)19-11-13-21(23-16-19)22(27)24-20-12-10-18(15-17(20)4)26(7-2)8-3/h10-13,15-16H,6-9,14H2,1-5H3,(H,24,27). The molecule has 5 heteroatoms. The number of unbranched alkanes of at least 4 members (excludes halogenated alkanes) is 1. The van der Waals surface area contributed by atoms with Crippen LogP contribution in [0.2, 0.25) is 0 Å². The number of pyridine rings is 1. The first-order chi connectivity index (χ1) is 13.0. The quantitative estimate of drug-likeness (QED) is 0.695. The van der Waals surface area contributed by atoms with E-state index in [4.69, 9.17) is 0 Å². The lowest BCUT2D eigenvalue weighted by molar-refractivity contribution is 0.102. The van der Waals surface area contributed by atoms with E-state index in [1.165, 1.54) is 5.69 Å². The zero-order valence-corrected chi connectivity index (χ0v) is 17.2. The molecule has 1 heterocycles. The topological polar surface area (TPSA) is 48.5 Å². The molecule has 27 heavy (non-hydrogen) atoms. The van der Waals surface area contributed by atoms with Crippen LogP contribution in [0.1, 0.15) is 49.7 Å². The van der Waals surface area contributed by atoms with Gasteiger partial charge in [0.05, 0.1) is 11.9 Å². The first kappa shape index (κ1) is 20.7. The molecule has 2 aromatic rings. The van der Waals surface area contributed by atoms with Gasteiger partial charge in [-0.1, -0.05) is 13.3 Å². The Morgan fingerprint density at radius 2 is 1.78 bits per heavy atom. The third-order valence-electron chi connectivity index (χ3n) is 4.86. The maximum Gasteiger partial charge on any atom is 0.274 e. The van der Waals surface area contributed by atoms with Gasteiger partial charge in [-0.05, 0) is 63.1 Å². The highest BCUT2D eigenvalue weighted by molar-refractivity contribution is 6.03. The number of amides is 1. The van der Waals surface area contributed by atoms with Gasteiger partial charge < -0.3 is 15.1 Å².